The van der Waals surface area contributed by atoms with Gasteiger partial charge in [0.25, 0.3) is 0 Å². The molecule has 2 unspecified atom stereocenters. The molecule has 0 saturated heterocycles. The van der Waals surface area contributed by atoms with Gasteiger partial charge in [0.05, 0.1) is 7.11 Å². The summed E-state index contributed by atoms with van der Waals surface area (Å²) in [6.07, 6.45) is 5.42. The smallest absolute Gasteiger partial charge is 0.121 e. The fourth-order valence-electron chi connectivity index (χ4n) is 3.95. The van der Waals surface area contributed by atoms with E-state index >= 15 is 0 Å². The van der Waals surface area contributed by atoms with Gasteiger partial charge in [0.2, 0.25) is 0 Å². The molecule has 1 fully saturated rings. The molecule has 0 amide bonds. The van der Waals surface area contributed by atoms with Crippen LogP contribution < -0.4 is 10.1 Å². The summed E-state index contributed by atoms with van der Waals surface area (Å²) in [6, 6.07) is 7.11. The van der Waals surface area contributed by atoms with Crippen LogP contribution >= 0.6 is 0 Å². The molecule has 0 aliphatic heterocycles. The second kappa shape index (κ2) is 6.83. The maximum absolute atomic E-state index is 5.41. The highest BCUT2D eigenvalue weighted by Crippen LogP contribution is 2.47. The predicted molar refractivity (Wildman–Crippen MR) is 89.9 cm³/mol. The van der Waals surface area contributed by atoms with Crippen LogP contribution in [-0.4, -0.2) is 13.7 Å². The fraction of sp³-hybridized carbons (Fsp3) is 0.684. The number of hydrogen-bond acceptors (Lipinski definition) is 2. The number of benzene rings is 1. The Morgan fingerprint density at radius 2 is 2.10 bits per heavy atom. The molecule has 21 heavy (non-hydrogen) atoms. The van der Waals surface area contributed by atoms with Gasteiger partial charge in [-0.15, -0.1) is 0 Å². The molecular weight excluding hydrogens is 258 g/mol. The van der Waals surface area contributed by atoms with Gasteiger partial charge in [0.15, 0.2) is 0 Å². The van der Waals surface area contributed by atoms with Gasteiger partial charge in [0, 0.05) is 6.04 Å². The van der Waals surface area contributed by atoms with E-state index in [1.54, 1.807) is 7.11 Å². The number of ether oxygens (including phenoxy) is 1. The van der Waals surface area contributed by atoms with Crippen LogP contribution in [0.3, 0.4) is 0 Å². The summed E-state index contributed by atoms with van der Waals surface area (Å²) in [7, 11) is 1.74. The lowest BCUT2D eigenvalue weighted by atomic mass is 9.64. The minimum Gasteiger partial charge on any atom is -0.496 e. The lowest BCUT2D eigenvalue weighted by Crippen LogP contribution is -2.39. The fourth-order valence-corrected chi connectivity index (χ4v) is 3.95. The molecule has 0 bridgehead atoms. The van der Waals surface area contributed by atoms with E-state index in [0.717, 1.165) is 12.3 Å². The van der Waals surface area contributed by atoms with Gasteiger partial charge in [-0.05, 0) is 54.8 Å². The summed E-state index contributed by atoms with van der Waals surface area (Å²) in [4.78, 5) is 0. The SMILES string of the molecule is CCNC(c1ccc(OC)c(C)c1)C1CCCCC1(C)C. The minimum absolute atomic E-state index is 0.416. The topological polar surface area (TPSA) is 21.3 Å². The number of aryl methyl sites for hydroxylation is 1. The summed E-state index contributed by atoms with van der Waals surface area (Å²) in [5.41, 5.74) is 3.06. The molecule has 2 nitrogen and oxygen atoms in total. The number of nitrogens with one attached hydrogen (secondary N) is 1. The van der Waals surface area contributed by atoms with Gasteiger partial charge in [0.1, 0.15) is 5.75 Å². The van der Waals surface area contributed by atoms with Gasteiger partial charge < -0.3 is 10.1 Å². The van der Waals surface area contributed by atoms with E-state index in [1.807, 2.05) is 0 Å². The maximum Gasteiger partial charge on any atom is 0.121 e. The van der Waals surface area contributed by atoms with Crippen molar-refractivity contribution in [2.45, 2.75) is 59.4 Å². The van der Waals surface area contributed by atoms with Crippen molar-refractivity contribution in [2.75, 3.05) is 13.7 Å². The van der Waals surface area contributed by atoms with E-state index in [2.05, 4.69) is 51.2 Å². The third-order valence-corrected chi connectivity index (χ3v) is 5.19. The number of methoxy groups -OCH3 is 1. The molecule has 1 saturated carbocycles. The highest BCUT2D eigenvalue weighted by molar-refractivity contribution is 5.37. The van der Waals surface area contributed by atoms with E-state index in [1.165, 1.54) is 36.8 Å². The number of hydrogen-bond donors (Lipinski definition) is 1. The maximum atomic E-state index is 5.41. The largest absolute Gasteiger partial charge is 0.496 e. The molecule has 0 aromatic heterocycles. The molecule has 2 heteroatoms. The van der Waals surface area contributed by atoms with Crippen LogP contribution in [0.1, 0.15) is 63.6 Å². The van der Waals surface area contributed by atoms with Crippen molar-refractivity contribution in [3.63, 3.8) is 0 Å². The summed E-state index contributed by atoms with van der Waals surface area (Å²) in [5.74, 6) is 1.69. The average molecular weight is 289 g/mol. The van der Waals surface area contributed by atoms with Crippen molar-refractivity contribution in [1.82, 2.24) is 5.32 Å². The summed E-state index contributed by atoms with van der Waals surface area (Å²) in [5, 5.41) is 3.75. The standard InChI is InChI=1S/C19H31NO/c1-6-20-18(16-9-7-8-12-19(16,3)4)15-10-11-17(21-5)14(2)13-15/h10-11,13,16,18,20H,6-9,12H2,1-5H3. The highest BCUT2D eigenvalue weighted by Gasteiger charge is 2.37. The van der Waals surface area contributed by atoms with Gasteiger partial charge in [-0.3, -0.25) is 0 Å². The normalized spacial score (nSPS) is 22.8. The molecule has 1 aliphatic rings. The molecule has 1 N–H and O–H groups in total. The van der Waals surface area contributed by atoms with Crippen LogP contribution in [0.2, 0.25) is 0 Å². The lowest BCUT2D eigenvalue weighted by Gasteiger charge is -2.44. The zero-order chi connectivity index (χ0) is 15.5. The first-order valence-corrected chi connectivity index (χ1v) is 8.37. The zero-order valence-electron chi connectivity index (χ0n) is 14.3. The van der Waals surface area contributed by atoms with E-state index in [0.29, 0.717) is 17.4 Å². The van der Waals surface area contributed by atoms with Crippen molar-refractivity contribution in [2.24, 2.45) is 11.3 Å². The Morgan fingerprint density at radius 1 is 1.33 bits per heavy atom. The highest BCUT2D eigenvalue weighted by atomic mass is 16.5. The van der Waals surface area contributed by atoms with Crippen LogP contribution in [0.15, 0.2) is 18.2 Å². The minimum atomic E-state index is 0.416. The summed E-state index contributed by atoms with van der Waals surface area (Å²) < 4.78 is 5.41. The van der Waals surface area contributed by atoms with Gasteiger partial charge in [-0.1, -0.05) is 45.7 Å². The van der Waals surface area contributed by atoms with E-state index in [-0.39, 0.29) is 0 Å². The molecule has 118 valence electrons. The molecular formula is C19H31NO. The third-order valence-electron chi connectivity index (χ3n) is 5.19. The molecule has 1 aromatic rings. The lowest BCUT2D eigenvalue weighted by molar-refractivity contribution is 0.0988. The Kier molecular flexibility index (Phi) is 5.32. The van der Waals surface area contributed by atoms with Crippen molar-refractivity contribution < 1.29 is 4.74 Å². The van der Waals surface area contributed by atoms with Crippen molar-refractivity contribution in [1.29, 1.82) is 0 Å². The first kappa shape index (κ1) is 16.4. The van der Waals surface area contributed by atoms with E-state index < -0.39 is 0 Å². The molecule has 2 atom stereocenters. The Bertz CT molecular complexity index is 467. The molecule has 1 aliphatic carbocycles. The first-order valence-electron chi connectivity index (χ1n) is 8.37. The van der Waals surface area contributed by atoms with Gasteiger partial charge in [-0.2, -0.15) is 0 Å². The van der Waals surface area contributed by atoms with Crippen molar-refractivity contribution in [3.05, 3.63) is 29.3 Å². The zero-order valence-corrected chi connectivity index (χ0v) is 14.3. The Balaban J connectivity index is 2.31. The van der Waals surface area contributed by atoms with Crippen molar-refractivity contribution in [3.8, 4) is 5.75 Å². The van der Waals surface area contributed by atoms with Crippen LogP contribution in [-0.2, 0) is 0 Å². The van der Waals surface area contributed by atoms with E-state index in [4.69, 9.17) is 4.74 Å². The molecule has 0 spiro atoms. The second-order valence-electron chi connectivity index (χ2n) is 7.11. The Morgan fingerprint density at radius 3 is 2.67 bits per heavy atom. The van der Waals surface area contributed by atoms with Crippen LogP contribution in [0, 0.1) is 18.3 Å². The van der Waals surface area contributed by atoms with Crippen LogP contribution in [0.25, 0.3) is 0 Å². The Labute approximate surface area is 130 Å². The second-order valence-corrected chi connectivity index (χ2v) is 7.11. The van der Waals surface area contributed by atoms with Gasteiger partial charge >= 0.3 is 0 Å². The predicted octanol–water partition coefficient (Wildman–Crippen LogP) is 4.87. The van der Waals surface area contributed by atoms with Crippen LogP contribution in [0.4, 0.5) is 0 Å². The van der Waals surface area contributed by atoms with Gasteiger partial charge in [-0.25, -0.2) is 0 Å². The third kappa shape index (κ3) is 3.60. The van der Waals surface area contributed by atoms with E-state index in [9.17, 15) is 0 Å². The van der Waals surface area contributed by atoms with Crippen LogP contribution in [0.5, 0.6) is 5.75 Å². The molecule has 0 heterocycles. The summed E-state index contributed by atoms with van der Waals surface area (Å²) >= 11 is 0. The molecule has 1 aromatic carbocycles. The molecule has 2 rings (SSSR count). The summed E-state index contributed by atoms with van der Waals surface area (Å²) in [6.45, 7) is 10.2. The Hall–Kier alpha value is -1.02. The van der Waals surface area contributed by atoms with Crippen molar-refractivity contribution >= 4 is 0 Å². The first-order chi connectivity index (χ1) is 9.99. The average Bonchev–Trinajstić information content (AvgIpc) is 2.45. The number of rotatable bonds is 5. The quantitative estimate of drug-likeness (QED) is 0.835. The molecule has 0 radical (unpaired) electrons. The monoisotopic (exact) mass is 289 g/mol.